The standard InChI is InChI=1S/C18H20N2O2/c1-3-22-18-10-15(8-9-17(18)21)16(11-19)20-12-14-6-4-13(2)5-7-14/h4-10,16,20-21H,3,12H2,1-2H3. The first-order chi connectivity index (χ1) is 10.6. The maximum Gasteiger partial charge on any atom is 0.161 e. The fourth-order valence-electron chi connectivity index (χ4n) is 2.15. The van der Waals surface area contributed by atoms with Crippen LogP contribution in [0, 0.1) is 18.3 Å². The first-order valence-corrected chi connectivity index (χ1v) is 7.28. The molecule has 1 atom stereocenters. The summed E-state index contributed by atoms with van der Waals surface area (Å²) in [4.78, 5) is 0. The lowest BCUT2D eigenvalue weighted by Crippen LogP contribution is -2.19. The molecule has 4 heteroatoms. The molecule has 2 aromatic rings. The van der Waals surface area contributed by atoms with Gasteiger partial charge in [0, 0.05) is 6.54 Å². The van der Waals surface area contributed by atoms with Crippen molar-refractivity contribution in [3.8, 4) is 17.6 Å². The summed E-state index contributed by atoms with van der Waals surface area (Å²) < 4.78 is 5.36. The van der Waals surface area contributed by atoms with Crippen LogP contribution < -0.4 is 10.1 Å². The highest BCUT2D eigenvalue weighted by molar-refractivity contribution is 5.43. The van der Waals surface area contributed by atoms with Gasteiger partial charge in [0.1, 0.15) is 6.04 Å². The molecule has 114 valence electrons. The van der Waals surface area contributed by atoms with Gasteiger partial charge in [0.25, 0.3) is 0 Å². The Hall–Kier alpha value is -2.51. The van der Waals surface area contributed by atoms with Gasteiger partial charge in [-0.2, -0.15) is 5.26 Å². The predicted molar refractivity (Wildman–Crippen MR) is 85.6 cm³/mol. The molecule has 0 bridgehead atoms. The third kappa shape index (κ3) is 4.00. The van der Waals surface area contributed by atoms with E-state index >= 15 is 0 Å². The molecule has 0 saturated carbocycles. The van der Waals surface area contributed by atoms with Crippen LogP contribution in [0.5, 0.6) is 11.5 Å². The highest BCUT2D eigenvalue weighted by Crippen LogP contribution is 2.29. The molecule has 1 unspecified atom stereocenters. The van der Waals surface area contributed by atoms with Gasteiger partial charge >= 0.3 is 0 Å². The Kier molecular flexibility index (Phi) is 5.40. The monoisotopic (exact) mass is 296 g/mol. The van der Waals surface area contributed by atoms with Gasteiger partial charge < -0.3 is 9.84 Å². The van der Waals surface area contributed by atoms with Gasteiger partial charge in [0.05, 0.1) is 12.7 Å². The Balaban J connectivity index is 2.09. The van der Waals surface area contributed by atoms with Gasteiger partial charge in [-0.05, 0) is 37.1 Å². The molecule has 4 nitrogen and oxygen atoms in total. The Labute approximate surface area is 131 Å². The number of nitriles is 1. The van der Waals surface area contributed by atoms with Crippen LogP contribution >= 0.6 is 0 Å². The summed E-state index contributed by atoms with van der Waals surface area (Å²) in [5.74, 6) is 0.484. The predicted octanol–water partition coefficient (Wildman–Crippen LogP) is 3.45. The molecule has 22 heavy (non-hydrogen) atoms. The molecule has 0 fully saturated rings. The van der Waals surface area contributed by atoms with Crippen LogP contribution in [0.25, 0.3) is 0 Å². The average Bonchev–Trinajstić information content (AvgIpc) is 2.53. The largest absolute Gasteiger partial charge is 0.504 e. The number of hydrogen-bond donors (Lipinski definition) is 2. The number of nitrogens with zero attached hydrogens (tertiary/aromatic N) is 1. The van der Waals surface area contributed by atoms with Crippen molar-refractivity contribution in [2.75, 3.05) is 6.61 Å². The Morgan fingerprint density at radius 1 is 1.23 bits per heavy atom. The molecule has 0 saturated heterocycles. The lowest BCUT2D eigenvalue weighted by molar-refractivity contribution is 0.317. The first-order valence-electron chi connectivity index (χ1n) is 7.28. The molecule has 2 N–H and O–H groups in total. The van der Waals surface area contributed by atoms with E-state index in [0.717, 1.165) is 11.1 Å². The van der Waals surface area contributed by atoms with Crippen LogP contribution in [-0.2, 0) is 6.54 Å². The van der Waals surface area contributed by atoms with E-state index in [2.05, 4.69) is 11.4 Å². The molecule has 0 heterocycles. The van der Waals surface area contributed by atoms with Crippen molar-refractivity contribution in [3.05, 3.63) is 59.2 Å². The van der Waals surface area contributed by atoms with Crippen LogP contribution in [0.15, 0.2) is 42.5 Å². The van der Waals surface area contributed by atoms with Gasteiger partial charge in [-0.25, -0.2) is 0 Å². The number of phenols is 1. The molecule has 2 aromatic carbocycles. The van der Waals surface area contributed by atoms with Gasteiger partial charge in [0.2, 0.25) is 0 Å². The Bertz CT molecular complexity index is 660. The number of aryl methyl sites for hydroxylation is 1. The second-order valence-electron chi connectivity index (χ2n) is 5.09. The summed E-state index contributed by atoms with van der Waals surface area (Å²) in [7, 11) is 0. The normalized spacial score (nSPS) is 11.7. The maximum atomic E-state index is 9.73. The van der Waals surface area contributed by atoms with E-state index in [4.69, 9.17) is 4.74 Å². The van der Waals surface area contributed by atoms with Crippen LogP contribution in [0.4, 0.5) is 0 Å². The van der Waals surface area contributed by atoms with Crippen molar-refractivity contribution in [1.82, 2.24) is 5.32 Å². The smallest absolute Gasteiger partial charge is 0.161 e. The summed E-state index contributed by atoms with van der Waals surface area (Å²) in [6.45, 7) is 4.96. The summed E-state index contributed by atoms with van der Waals surface area (Å²) in [6.07, 6.45) is 0. The van der Waals surface area contributed by atoms with Crippen LogP contribution in [0.1, 0.15) is 29.7 Å². The molecule has 0 aromatic heterocycles. The summed E-state index contributed by atoms with van der Waals surface area (Å²) in [5, 5.41) is 22.3. The Morgan fingerprint density at radius 3 is 2.59 bits per heavy atom. The second-order valence-corrected chi connectivity index (χ2v) is 5.09. The number of benzene rings is 2. The number of hydrogen-bond acceptors (Lipinski definition) is 4. The van der Waals surface area contributed by atoms with Gasteiger partial charge in [-0.3, -0.25) is 5.32 Å². The highest BCUT2D eigenvalue weighted by atomic mass is 16.5. The van der Waals surface area contributed by atoms with E-state index < -0.39 is 6.04 Å². The first kappa shape index (κ1) is 15.9. The zero-order valence-electron chi connectivity index (χ0n) is 12.8. The third-order valence-electron chi connectivity index (χ3n) is 3.38. The third-order valence-corrected chi connectivity index (χ3v) is 3.38. The quantitative estimate of drug-likeness (QED) is 0.857. The van der Waals surface area contributed by atoms with Crippen molar-refractivity contribution in [2.24, 2.45) is 0 Å². The van der Waals surface area contributed by atoms with Crippen LogP contribution in [0.3, 0.4) is 0 Å². The van der Waals surface area contributed by atoms with E-state index in [1.54, 1.807) is 18.2 Å². The molecule has 0 aliphatic heterocycles. The molecular formula is C18H20N2O2. The fraction of sp³-hybridized carbons (Fsp3) is 0.278. The minimum absolute atomic E-state index is 0.0841. The lowest BCUT2D eigenvalue weighted by Gasteiger charge is -2.14. The molecule has 0 radical (unpaired) electrons. The van der Waals surface area contributed by atoms with Crippen molar-refractivity contribution in [1.29, 1.82) is 5.26 Å². The van der Waals surface area contributed by atoms with Crippen molar-refractivity contribution >= 4 is 0 Å². The van der Waals surface area contributed by atoms with Crippen molar-refractivity contribution in [3.63, 3.8) is 0 Å². The van der Waals surface area contributed by atoms with E-state index in [9.17, 15) is 10.4 Å². The fourth-order valence-corrected chi connectivity index (χ4v) is 2.15. The van der Waals surface area contributed by atoms with Gasteiger partial charge in [-0.15, -0.1) is 0 Å². The number of nitrogens with one attached hydrogen (secondary N) is 1. The van der Waals surface area contributed by atoms with Crippen molar-refractivity contribution < 1.29 is 9.84 Å². The minimum atomic E-state index is -0.457. The zero-order chi connectivity index (χ0) is 15.9. The zero-order valence-corrected chi connectivity index (χ0v) is 12.8. The second kappa shape index (κ2) is 7.48. The summed E-state index contributed by atoms with van der Waals surface area (Å²) >= 11 is 0. The number of aromatic hydroxyl groups is 1. The molecule has 2 rings (SSSR count). The number of phenolic OH excluding ortho intramolecular Hbond substituents is 1. The highest BCUT2D eigenvalue weighted by Gasteiger charge is 2.13. The number of rotatable bonds is 6. The van der Waals surface area contributed by atoms with E-state index in [0.29, 0.717) is 18.9 Å². The maximum absolute atomic E-state index is 9.73. The Morgan fingerprint density at radius 2 is 1.95 bits per heavy atom. The van der Waals surface area contributed by atoms with E-state index in [1.807, 2.05) is 38.1 Å². The van der Waals surface area contributed by atoms with Crippen LogP contribution in [-0.4, -0.2) is 11.7 Å². The molecule has 0 spiro atoms. The minimum Gasteiger partial charge on any atom is -0.504 e. The van der Waals surface area contributed by atoms with E-state index in [-0.39, 0.29) is 5.75 Å². The van der Waals surface area contributed by atoms with Gasteiger partial charge in [-0.1, -0.05) is 35.9 Å². The number of ether oxygens (including phenoxy) is 1. The summed E-state index contributed by atoms with van der Waals surface area (Å²) in [6, 6.07) is 14.9. The SMILES string of the molecule is CCOc1cc(C(C#N)NCc2ccc(C)cc2)ccc1O. The van der Waals surface area contributed by atoms with E-state index in [1.165, 1.54) is 5.56 Å². The molecule has 0 aliphatic rings. The van der Waals surface area contributed by atoms with Crippen molar-refractivity contribution in [2.45, 2.75) is 26.4 Å². The molecular weight excluding hydrogens is 276 g/mol. The molecule has 0 amide bonds. The van der Waals surface area contributed by atoms with Crippen LogP contribution in [0.2, 0.25) is 0 Å². The topological polar surface area (TPSA) is 65.3 Å². The van der Waals surface area contributed by atoms with Gasteiger partial charge in [0.15, 0.2) is 11.5 Å². The summed E-state index contributed by atoms with van der Waals surface area (Å²) in [5.41, 5.74) is 3.10. The molecule has 0 aliphatic carbocycles. The lowest BCUT2D eigenvalue weighted by atomic mass is 10.1. The average molecular weight is 296 g/mol.